The Hall–Kier alpha value is -1.38. The molecule has 8 heteroatoms. The van der Waals surface area contributed by atoms with Gasteiger partial charge >= 0.3 is 0 Å². The van der Waals surface area contributed by atoms with Crippen molar-refractivity contribution in [3.8, 4) is 0 Å². The molecule has 6 nitrogen and oxygen atoms in total. The predicted molar refractivity (Wildman–Crippen MR) is 84.5 cm³/mol. The molecule has 21 heavy (non-hydrogen) atoms. The summed E-state index contributed by atoms with van der Waals surface area (Å²) in [4.78, 5) is 1.07. The largest absolute Gasteiger partial charge is 0.381 e. The third-order valence-electron chi connectivity index (χ3n) is 3.13. The molecule has 0 aliphatic heterocycles. The van der Waals surface area contributed by atoms with Gasteiger partial charge in [-0.05, 0) is 32.2 Å². The lowest BCUT2D eigenvalue weighted by Crippen LogP contribution is -2.36. The SMILES string of the molecule is CCn1cc(S(=O)(=O)N(Cc2cccs2)C(C)C)c(N)n1. The molecule has 0 aromatic carbocycles. The normalized spacial score (nSPS) is 12.4. The van der Waals surface area contributed by atoms with E-state index in [2.05, 4.69) is 5.10 Å². The van der Waals surface area contributed by atoms with Gasteiger partial charge in [-0.3, -0.25) is 4.68 Å². The zero-order valence-corrected chi connectivity index (χ0v) is 14.0. The number of aryl methyl sites for hydroxylation is 1. The fourth-order valence-corrected chi connectivity index (χ4v) is 4.47. The zero-order valence-electron chi connectivity index (χ0n) is 12.4. The lowest BCUT2D eigenvalue weighted by atomic mass is 10.4. The Bertz CT molecular complexity index is 690. The van der Waals surface area contributed by atoms with Crippen LogP contribution in [0.15, 0.2) is 28.6 Å². The van der Waals surface area contributed by atoms with Gasteiger partial charge in [-0.2, -0.15) is 9.40 Å². The number of hydrogen-bond donors (Lipinski definition) is 1. The van der Waals surface area contributed by atoms with Crippen molar-refractivity contribution in [2.24, 2.45) is 0 Å². The molecule has 2 N–H and O–H groups in total. The highest BCUT2D eigenvalue weighted by atomic mass is 32.2. The van der Waals surface area contributed by atoms with Crippen molar-refractivity contribution in [3.63, 3.8) is 0 Å². The number of thiophene rings is 1. The number of hydrogen-bond acceptors (Lipinski definition) is 5. The van der Waals surface area contributed by atoms with E-state index in [-0.39, 0.29) is 16.8 Å². The van der Waals surface area contributed by atoms with E-state index in [0.717, 1.165) is 4.88 Å². The van der Waals surface area contributed by atoms with Crippen LogP contribution in [0.25, 0.3) is 0 Å². The summed E-state index contributed by atoms with van der Waals surface area (Å²) in [6.45, 7) is 6.51. The summed E-state index contributed by atoms with van der Waals surface area (Å²) in [6.07, 6.45) is 1.49. The maximum absolute atomic E-state index is 12.8. The number of sulfonamides is 1. The van der Waals surface area contributed by atoms with Crippen LogP contribution >= 0.6 is 11.3 Å². The molecule has 0 aliphatic rings. The van der Waals surface area contributed by atoms with Gasteiger partial charge in [-0.25, -0.2) is 8.42 Å². The molecule has 0 saturated heterocycles. The minimum Gasteiger partial charge on any atom is -0.381 e. The molecule has 2 heterocycles. The summed E-state index contributed by atoms with van der Waals surface area (Å²) < 4.78 is 28.7. The Morgan fingerprint density at radius 3 is 2.67 bits per heavy atom. The fourth-order valence-electron chi connectivity index (χ4n) is 2.01. The molecule has 0 atom stereocenters. The molecule has 2 aromatic heterocycles. The average molecular weight is 328 g/mol. The minimum atomic E-state index is -3.66. The monoisotopic (exact) mass is 328 g/mol. The van der Waals surface area contributed by atoms with Crippen LogP contribution in [-0.2, 0) is 23.1 Å². The van der Waals surface area contributed by atoms with E-state index in [1.54, 1.807) is 0 Å². The Kier molecular flexibility index (Phi) is 4.70. The van der Waals surface area contributed by atoms with Crippen molar-refractivity contribution >= 4 is 27.2 Å². The van der Waals surface area contributed by atoms with Gasteiger partial charge in [0.25, 0.3) is 0 Å². The molecule has 0 fully saturated rings. The Balaban J connectivity index is 2.39. The van der Waals surface area contributed by atoms with E-state index in [9.17, 15) is 8.42 Å². The predicted octanol–water partition coefficient (Wildman–Crippen LogP) is 2.15. The molecule has 0 aliphatic carbocycles. The van der Waals surface area contributed by atoms with E-state index in [1.807, 2.05) is 38.3 Å². The molecule has 0 radical (unpaired) electrons. The number of nitrogen functional groups attached to an aromatic ring is 1. The first-order chi connectivity index (χ1) is 9.86. The summed E-state index contributed by atoms with van der Waals surface area (Å²) in [5.74, 6) is 0.0497. The molecular weight excluding hydrogens is 308 g/mol. The number of aromatic nitrogens is 2. The van der Waals surface area contributed by atoms with Crippen LogP contribution in [0, 0.1) is 0 Å². The smallest absolute Gasteiger partial charge is 0.248 e. The van der Waals surface area contributed by atoms with Crippen molar-refractivity contribution < 1.29 is 8.42 Å². The lowest BCUT2D eigenvalue weighted by molar-refractivity contribution is 0.350. The zero-order chi connectivity index (χ0) is 15.6. The number of anilines is 1. The van der Waals surface area contributed by atoms with Crippen LogP contribution in [0.2, 0.25) is 0 Å². The standard InChI is InChI=1S/C13H20N4O2S2/c1-4-16-9-12(13(14)15-16)21(18,19)17(10(2)3)8-11-6-5-7-20-11/h5-7,9-10H,4,8H2,1-3H3,(H2,14,15). The van der Waals surface area contributed by atoms with Gasteiger partial charge in [0.2, 0.25) is 10.0 Å². The van der Waals surface area contributed by atoms with Crippen LogP contribution in [0.1, 0.15) is 25.6 Å². The maximum Gasteiger partial charge on any atom is 0.248 e. The van der Waals surface area contributed by atoms with Crippen molar-refractivity contribution in [2.45, 2.75) is 44.8 Å². The quantitative estimate of drug-likeness (QED) is 0.881. The summed E-state index contributed by atoms with van der Waals surface area (Å²) in [5.41, 5.74) is 5.78. The highest BCUT2D eigenvalue weighted by Gasteiger charge is 2.31. The van der Waals surface area contributed by atoms with Crippen molar-refractivity contribution in [3.05, 3.63) is 28.6 Å². The van der Waals surface area contributed by atoms with E-state index in [4.69, 9.17) is 5.73 Å². The van der Waals surface area contributed by atoms with Crippen LogP contribution in [0.4, 0.5) is 5.82 Å². The van der Waals surface area contributed by atoms with E-state index in [1.165, 1.54) is 26.5 Å². The van der Waals surface area contributed by atoms with Gasteiger partial charge in [0.05, 0.1) is 0 Å². The van der Waals surface area contributed by atoms with Crippen molar-refractivity contribution in [2.75, 3.05) is 5.73 Å². The first-order valence-corrected chi connectivity index (χ1v) is 9.05. The summed E-state index contributed by atoms with van der Waals surface area (Å²) >= 11 is 1.54. The minimum absolute atomic E-state index is 0.0497. The van der Waals surface area contributed by atoms with E-state index >= 15 is 0 Å². The van der Waals surface area contributed by atoms with Crippen molar-refractivity contribution in [1.29, 1.82) is 0 Å². The van der Waals surface area contributed by atoms with Crippen LogP contribution in [-0.4, -0.2) is 28.5 Å². The molecule has 2 aromatic rings. The lowest BCUT2D eigenvalue weighted by Gasteiger charge is -2.24. The summed E-state index contributed by atoms with van der Waals surface area (Å²) in [5, 5.41) is 5.96. The summed E-state index contributed by atoms with van der Waals surface area (Å²) in [7, 11) is -3.66. The second-order valence-electron chi connectivity index (χ2n) is 4.96. The van der Waals surface area contributed by atoms with Gasteiger partial charge in [0.1, 0.15) is 4.90 Å². The molecule has 2 rings (SSSR count). The van der Waals surface area contributed by atoms with Gasteiger partial charge in [0.15, 0.2) is 5.82 Å². The molecule has 0 unspecified atom stereocenters. The Morgan fingerprint density at radius 1 is 1.48 bits per heavy atom. The molecular formula is C13H20N4O2S2. The first kappa shape index (κ1) is 16.0. The average Bonchev–Trinajstić information content (AvgIpc) is 3.04. The topological polar surface area (TPSA) is 81.2 Å². The summed E-state index contributed by atoms with van der Waals surface area (Å²) in [6, 6.07) is 3.67. The van der Waals surface area contributed by atoms with Crippen LogP contribution in [0.3, 0.4) is 0 Å². The first-order valence-electron chi connectivity index (χ1n) is 6.73. The van der Waals surface area contributed by atoms with E-state index < -0.39 is 10.0 Å². The number of nitrogens with zero attached hydrogens (tertiary/aromatic N) is 3. The van der Waals surface area contributed by atoms with Crippen LogP contribution in [0.5, 0.6) is 0 Å². The Labute approximate surface area is 129 Å². The van der Waals surface area contributed by atoms with Crippen LogP contribution < -0.4 is 5.73 Å². The third-order valence-corrected chi connectivity index (χ3v) is 6.03. The highest BCUT2D eigenvalue weighted by Crippen LogP contribution is 2.25. The highest BCUT2D eigenvalue weighted by molar-refractivity contribution is 7.89. The fraction of sp³-hybridized carbons (Fsp3) is 0.462. The third kappa shape index (κ3) is 3.28. The second kappa shape index (κ2) is 6.17. The molecule has 116 valence electrons. The molecule has 0 amide bonds. The molecule has 0 spiro atoms. The maximum atomic E-state index is 12.8. The Morgan fingerprint density at radius 2 is 2.19 bits per heavy atom. The van der Waals surface area contributed by atoms with E-state index in [0.29, 0.717) is 13.1 Å². The van der Waals surface area contributed by atoms with Gasteiger partial charge < -0.3 is 5.73 Å². The molecule has 0 saturated carbocycles. The van der Waals surface area contributed by atoms with Gasteiger partial charge in [-0.1, -0.05) is 6.07 Å². The van der Waals surface area contributed by atoms with Gasteiger partial charge in [0, 0.05) is 30.2 Å². The van der Waals surface area contributed by atoms with Gasteiger partial charge in [-0.15, -0.1) is 11.3 Å². The second-order valence-corrected chi connectivity index (χ2v) is 7.85. The number of nitrogens with two attached hydrogens (primary N) is 1. The molecule has 0 bridgehead atoms. The van der Waals surface area contributed by atoms with Crippen molar-refractivity contribution in [1.82, 2.24) is 14.1 Å². The number of rotatable bonds is 6.